The first-order valence-corrected chi connectivity index (χ1v) is 7.38. The van der Waals surface area contributed by atoms with Gasteiger partial charge in [0, 0.05) is 18.5 Å². The second kappa shape index (κ2) is 7.91. The summed E-state index contributed by atoms with van der Waals surface area (Å²) in [5, 5.41) is 0.643. The molecule has 2 aromatic carbocycles. The van der Waals surface area contributed by atoms with Crippen LogP contribution in [0.1, 0.15) is 17.5 Å². The smallest absolute Gasteiger partial charge is 0.137 e. The fourth-order valence-electron chi connectivity index (χ4n) is 1.96. The number of aryl methyl sites for hydroxylation is 1. The second-order valence-corrected chi connectivity index (χ2v) is 5.20. The topological polar surface area (TPSA) is 44.5 Å². The molecule has 0 unspecified atom stereocenters. The van der Waals surface area contributed by atoms with Crippen molar-refractivity contribution in [3.63, 3.8) is 0 Å². The van der Waals surface area contributed by atoms with Crippen LogP contribution in [0.15, 0.2) is 42.5 Å². The summed E-state index contributed by atoms with van der Waals surface area (Å²) in [6, 6.07) is 13.6. The third-order valence-electron chi connectivity index (χ3n) is 3.08. The van der Waals surface area contributed by atoms with E-state index in [4.69, 9.17) is 26.8 Å². The molecule has 0 saturated heterocycles. The fraction of sp³-hybridized carbons (Fsp3) is 0.294. The van der Waals surface area contributed by atoms with Gasteiger partial charge in [0.05, 0.1) is 18.2 Å². The van der Waals surface area contributed by atoms with Crippen molar-refractivity contribution in [1.29, 1.82) is 0 Å². The Kier molecular flexibility index (Phi) is 5.90. The van der Waals surface area contributed by atoms with Gasteiger partial charge in [-0.3, -0.25) is 0 Å². The van der Waals surface area contributed by atoms with Gasteiger partial charge in [0.1, 0.15) is 11.5 Å². The predicted molar refractivity (Wildman–Crippen MR) is 86.1 cm³/mol. The van der Waals surface area contributed by atoms with Crippen LogP contribution in [0.25, 0.3) is 0 Å². The molecule has 0 amide bonds. The summed E-state index contributed by atoms with van der Waals surface area (Å²) < 4.78 is 11.4. The van der Waals surface area contributed by atoms with Crippen molar-refractivity contribution >= 4 is 11.6 Å². The van der Waals surface area contributed by atoms with Crippen molar-refractivity contribution in [1.82, 2.24) is 0 Å². The van der Waals surface area contributed by atoms with E-state index in [9.17, 15) is 0 Å². The molecule has 0 bridgehead atoms. The van der Waals surface area contributed by atoms with Gasteiger partial charge in [-0.15, -0.1) is 0 Å². The van der Waals surface area contributed by atoms with Gasteiger partial charge >= 0.3 is 0 Å². The van der Waals surface area contributed by atoms with Gasteiger partial charge in [-0.2, -0.15) is 0 Å². The van der Waals surface area contributed by atoms with E-state index in [2.05, 4.69) is 0 Å². The summed E-state index contributed by atoms with van der Waals surface area (Å²) in [7, 11) is 0. The van der Waals surface area contributed by atoms with Crippen molar-refractivity contribution in [2.24, 2.45) is 5.73 Å². The monoisotopic (exact) mass is 305 g/mol. The molecule has 0 heterocycles. The van der Waals surface area contributed by atoms with Crippen LogP contribution in [0.2, 0.25) is 5.02 Å². The van der Waals surface area contributed by atoms with Gasteiger partial charge in [0.2, 0.25) is 0 Å². The van der Waals surface area contributed by atoms with E-state index in [-0.39, 0.29) is 0 Å². The molecule has 0 atom stereocenters. The number of benzene rings is 2. The van der Waals surface area contributed by atoms with E-state index in [0.717, 1.165) is 23.3 Å². The highest BCUT2D eigenvalue weighted by Crippen LogP contribution is 2.25. The van der Waals surface area contributed by atoms with E-state index in [1.165, 1.54) is 0 Å². The Hall–Kier alpha value is -1.71. The van der Waals surface area contributed by atoms with E-state index in [0.29, 0.717) is 30.5 Å². The Morgan fingerprint density at radius 1 is 1.00 bits per heavy atom. The van der Waals surface area contributed by atoms with Crippen LogP contribution in [0, 0.1) is 6.92 Å². The lowest BCUT2D eigenvalue weighted by molar-refractivity contribution is 0.246. The summed E-state index contributed by atoms with van der Waals surface area (Å²) in [6.45, 7) is 3.62. The van der Waals surface area contributed by atoms with Crippen LogP contribution in [0.4, 0.5) is 0 Å². The molecule has 112 valence electrons. The minimum atomic E-state index is 0.478. The summed E-state index contributed by atoms with van der Waals surface area (Å²) in [5.74, 6) is 1.55. The minimum absolute atomic E-state index is 0.478. The number of halogens is 1. The molecular formula is C17H20ClNO2. The Morgan fingerprint density at radius 2 is 1.71 bits per heavy atom. The number of para-hydroxylation sites is 1. The molecule has 0 aliphatic heterocycles. The van der Waals surface area contributed by atoms with Crippen LogP contribution in [0.5, 0.6) is 11.5 Å². The molecular weight excluding hydrogens is 286 g/mol. The van der Waals surface area contributed by atoms with Gasteiger partial charge in [-0.1, -0.05) is 35.9 Å². The Morgan fingerprint density at radius 3 is 2.43 bits per heavy atom. The van der Waals surface area contributed by atoms with Crippen LogP contribution in [-0.4, -0.2) is 13.2 Å². The third kappa shape index (κ3) is 4.66. The maximum atomic E-state index is 6.11. The fourth-order valence-corrected chi connectivity index (χ4v) is 2.25. The molecule has 0 spiro atoms. The number of hydrogen-bond donors (Lipinski definition) is 1. The van der Waals surface area contributed by atoms with Gasteiger partial charge < -0.3 is 15.2 Å². The average Bonchev–Trinajstić information content (AvgIpc) is 2.49. The first-order valence-electron chi connectivity index (χ1n) is 7.00. The SMILES string of the molecule is Cc1ccc(OCCCOc2ccccc2CN)c(Cl)c1. The Balaban J connectivity index is 1.75. The second-order valence-electron chi connectivity index (χ2n) is 4.80. The highest BCUT2D eigenvalue weighted by Gasteiger charge is 2.03. The third-order valence-corrected chi connectivity index (χ3v) is 3.38. The highest BCUT2D eigenvalue weighted by atomic mass is 35.5. The quantitative estimate of drug-likeness (QED) is 0.788. The minimum Gasteiger partial charge on any atom is -0.493 e. The van der Waals surface area contributed by atoms with Gasteiger partial charge in [-0.05, 0) is 30.7 Å². The standard InChI is InChI=1S/C17H20ClNO2/c1-13-7-8-17(15(18)11-13)21-10-4-9-20-16-6-3-2-5-14(16)12-19/h2-3,5-8,11H,4,9-10,12,19H2,1H3. The first kappa shape index (κ1) is 15.7. The van der Waals surface area contributed by atoms with Gasteiger partial charge in [0.25, 0.3) is 0 Å². The molecule has 2 rings (SSSR count). The average molecular weight is 306 g/mol. The van der Waals surface area contributed by atoms with E-state index in [1.807, 2.05) is 49.4 Å². The molecule has 2 aromatic rings. The van der Waals surface area contributed by atoms with Crippen molar-refractivity contribution in [3.05, 3.63) is 58.6 Å². The molecule has 0 radical (unpaired) electrons. The zero-order valence-corrected chi connectivity index (χ0v) is 12.9. The molecule has 0 aliphatic rings. The molecule has 3 nitrogen and oxygen atoms in total. The van der Waals surface area contributed by atoms with Crippen LogP contribution >= 0.6 is 11.6 Å². The van der Waals surface area contributed by atoms with Crippen LogP contribution in [-0.2, 0) is 6.54 Å². The van der Waals surface area contributed by atoms with Crippen molar-refractivity contribution in [2.45, 2.75) is 19.9 Å². The van der Waals surface area contributed by atoms with Crippen LogP contribution < -0.4 is 15.2 Å². The lowest BCUT2D eigenvalue weighted by Gasteiger charge is -2.11. The first-order chi connectivity index (χ1) is 10.2. The normalized spacial score (nSPS) is 10.4. The molecule has 0 aromatic heterocycles. The van der Waals surface area contributed by atoms with Crippen molar-refractivity contribution < 1.29 is 9.47 Å². The van der Waals surface area contributed by atoms with E-state index >= 15 is 0 Å². The molecule has 21 heavy (non-hydrogen) atoms. The number of ether oxygens (including phenoxy) is 2. The summed E-state index contributed by atoms with van der Waals surface area (Å²) in [6.07, 6.45) is 0.781. The number of rotatable bonds is 7. The summed E-state index contributed by atoms with van der Waals surface area (Å²) in [4.78, 5) is 0. The van der Waals surface area contributed by atoms with Crippen LogP contribution in [0.3, 0.4) is 0 Å². The zero-order chi connectivity index (χ0) is 15.1. The lowest BCUT2D eigenvalue weighted by atomic mass is 10.2. The summed E-state index contributed by atoms with van der Waals surface area (Å²) >= 11 is 6.11. The molecule has 0 fully saturated rings. The summed E-state index contributed by atoms with van der Waals surface area (Å²) in [5.41, 5.74) is 7.80. The van der Waals surface area contributed by atoms with Crippen molar-refractivity contribution in [2.75, 3.05) is 13.2 Å². The highest BCUT2D eigenvalue weighted by molar-refractivity contribution is 6.32. The van der Waals surface area contributed by atoms with Gasteiger partial charge in [-0.25, -0.2) is 0 Å². The predicted octanol–water partition coefficient (Wildman–Crippen LogP) is 3.96. The molecule has 4 heteroatoms. The largest absolute Gasteiger partial charge is 0.493 e. The van der Waals surface area contributed by atoms with Crippen molar-refractivity contribution in [3.8, 4) is 11.5 Å². The maximum absolute atomic E-state index is 6.11. The maximum Gasteiger partial charge on any atom is 0.137 e. The Labute approximate surface area is 130 Å². The molecule has 0 saturated carbocycles. The Bertz CT molecular complexity index is 587. The molecule has 0 aliphatic carbocycles. The molecule has 2 N–H and O–H groups in total. The zero-order valence-electron chi connectivity index (χ0n) is 12.1. The lowest BCUT2D eigenvalue weighted by Crippen LogP contribution is -2.07. The van der Waals surface area contributed by atoms with E-state index in [1.54, 1.807) is 0 Å². The van der Waals surface area contributed by atoms with Gasteiger partial charge in [0.15, 0.2) is 0 Å². The number of hydrogen-bond acceptors (Lipinski definition) is 3. The number of nitrogens with two attached hydrogens (primary N) is 1. The van der Waals surface area contributed by atoms with E-state index < -0.39 is 0 Å².